The smallest absolute Gasteiger partial charge is 0.187 e. The Kier molecular flexibility index (Phi) is 3.08. The Bertz CT molecular complexity index is 277. The van der Waals surface area contributed by atoms with E-state index in [2.05, 4.69) is 5.32 Å². The van der Waals surface area contributed by atoms with Gasteiger partial charge >= 0.3 is 0 Å². The Morgan fingerprint density at radius 1 is 1.33 bits per heavy atom. The highest BCUT2D eigenvalue weighted by atomic mass is 16.1. The fourth-order valence-corrected chi connectivity index (χ4v) is 0.858. The van der Waals surface area contributed by atoms with Gasteiger partial charge in [-0.15, -0.1) is 0 Å². The quantitative estimate of drug-likeness (QED) is 0.539. The van der Waals surface area contributed by atoms with E-state index >= 15 is 0 Å². The number of allylic oxidation sites excluding steroid dienone is 1. The molecule has 0 bridgehead atoms. The van der Waals surface area contributed by atoms with Crippen LogP contribution in [-0.4, -0.2) is 12.8 Å². The molecule has 12 heavy (non-hydrogen) atoms. The van der Waals surface area contributed by atoms with E-state index in [1.165, 1.54) is 6.08 Å². The molecule has 0 saturated heterocycles. The number of carbonyl (C=O) groups is 1. The molecule has 0 unspecified atom stereocenters. The molecule has 0 spiro atoms. The molecule has 0 aliphatic carbocycles. The summed E-state index contributed by atoms with van der Waals surface area (Å²) in [5.41, 5.74) is 0.712. The Morgan fingerprint density at radius 2 is 2.00 bits per heavy atom. The first-order valence-electron chi connectivity index (χ1n) is 3.78. The van der Waals surface area contributed by atoms with Crippen LogP contribution < -0.4 is 5.32 Å². The summed E-state index contributed by atoms with van der Waals surface area (Å²) in [5.74, 6) is 0.0185. The zero-order valence-corrected chi connectivity index (χ0v) is 6.95. The van der Waals surface area contributed by atoms with E-state index in [-0.39, 0.29) is 5.78 Å². The highest BCUT2D eigenvalue weighted by molar-refractivity contribution is 6.04. The van der Waals surface area contributed by atoms with Gasteiger partial charge < -0.3 is 5.32 Å². The second kappa shape index (κ2) is 4.34. The van der Waals surface area contributed by atoms with Crippen molar-refractivity contribution in [2.45, 2.75) is 0 Å². The Balaban J connectivity index is 2.72. The molecule has 0 fully saturated rings. The highest BCUT2D eigenvalue weighted by Gasteiger charge is 1.97. The van der Waals surface area contributed by atoms with Crippen LogP contribution in [0.5, 0.6) is 0 Å². The number of hydrogen-bond acceptors (Lipinski definition) is 2. The number of rotatable bonds is 3. The van der Waals surface area contributed by atoms with Crippen LogP contribution in [0.1, 0.15) is 10.4 Å². The molecule has 62 valence electrons. The van der Waals surface area contributed by atoms with E-state index in [0.29, 0.717) is 5.56 Å². The summed E-state index contributed by atoms with van der Waals surface area (Å²) in [5, 5.41) is 2.77. The second-order valence-electron chi connectivity index (χ2n) is 2.35. The molecule has 0 aliphatic rings. The lowest BCUT2D eigenvalue weighted by Crippen LogP contribution is -1.97. The average molecular weight is 161 g/mol. The molecule has 1 aromatic carbocycles. The predicted octanol–water partition coefficient (Wildman–Crippen LogP) is 1.60. The maximum atomic E-state index is 11.3. The number of carbonyl (C=O) groups excluding carboxylic acids is 1. The fourth-order valence-electron chi connectivity index (χ4n) is 0.858. The molecular formula is C10H11NO. The topological polar surface area (TPSA) is 29.1 Å². The van der Waals surface area contributed by atoms with E-state index in [1.807, 2.05) is 18.2 Å². The van der Waals surface area contributed by atoms with Gasteiger partial charge in [-0.25, -0.2) is 0 Å². The van der Waals surface area contributed by atoms with Gasteiger partial charge in [0, 0.05) is 24.9 Å². The monoisotopic (exact) mass is 161 g/mol. The third-order valence-electron chi connectivity index (χ3n) is 1.46. The first-order valence-corrected chi connectivity index (χ1v) is 3.78. The first kappa shape index (κ1) is 8.53. The molecule has 0 amide bonds. The van der Waals surface area contributed by atoms with E-state index < -0.39 is 0 Å². The Hall–Kier alpha value is -1.57. The average Bonchev–Trinajstić information content (AvgIpc) is 2.15. The number of ketones is 1. The summed E-state index contributed by atoms with van der Waals surface area (Å²) in [6, 6.07) is 9.17. The van der Waals surface area contributed by atoms with Gasteiger partial charge in [-0.05, 0) is 0 Å². The van der Waals surface area contributed by atoms with E-state index in [4.69, 9.17) is 0 Å². The van der Waals surface area contributed by atoms with Crippen molar-refractivity contribution in [3.05, 3.63) is 48.2 Å². The largest absolute Gasteiger partial charge is 0.394 e. The van der Waals surface area contributed by atoms with Gasteiger partial charge in [0.25, 0.3) is 0 Å². The predicted molar refractivity (Wildman–Crippen MR) is 49.0 cm³/mol. The van der Waals surface area contributed by atoms with Crippen molar-refractivity contribution in [1.29, 1.82) is 0 Å². The van der Waals surface area contributed by atoms with Gasteiger partial charge in [0.05, 0.1) is 0 Å². The lowest BCUT2D eigenvalue weighted by Gasteiger charge is -1.92. The number of nitrogens with one attached hydrogen (secondary N) is 1. The maximum Gasteiger partial charge on any atom is 0.187 e. The minimum atomic E-state index is 0.0185. The number of hydrogen-bond donors (Lipinski definition) is 1. The van der Waals surface area contributed by atoms with Crippen LogP contribution in [0, 0.1) is 0 Å². The van der Waals surface area contributed by atoms with Crippen molar-refractivity contribution in [1.82, 2.24) is 5.32 Å². The van der Waals surface area contributed by atoms with E-state index in [0.717, 1.165) is 0 Å². The zero-order valence-electron chi connectivity index (χ0n) is 6.95. The van der Waals surface area contributed by atoms with Gasteiger partial charge in [0.1, 0.15) is 0 Å². The van der Waals surface area contributed by atoms with Crippen molar-refractivity contribution < 1.29 is 4.79 Å². The normalized spacial score (nSPS) is 10.1. The molecule has 0 aliphatic heterocycles. The highest BCUT2D eigenvalue weighted by Crippen LogP contribution is 1.99. The van der Waals surface area contributed by atoms with Crippen molar-refractivity contribution in [2.75, 3.05) is 7.05 Å². The van der Waals surface area contributed by atoms with Gasteiger partial charge in [-0.3, -0.25) is 4.79 Å². The standard InChI is InChI=1S/C10H11NO/c1-11-8-7-10(12)9-5-3-2-4-6-9/h2-8,11H,1H3. The van der Waals surface area contributed by atoms with Crippen LogP contribution in [0.25, 0.3) is 0 Å². The molecule has 1 N–H and O–H groups in total. The minimum absolute atomic E-state index is 0.0185. The van der Waals surface area contributed by atoms with Crippen molar-refractivity contribution in [2.24, 2.45) is 0 Å². The Morgan fingerprint density at radius 3 is 2.58 bits per heavy atom. The summed E-state index contributed by atoms with van der Waals surface area (Å²) in [6.07, 6.45) is 3.13. The van der Waals surface area contributed by atoms with Crippen LogP contribution in [0.4, 0.5) is 0 Å². The van der Waals surface area contributed by atoms with Crippen LogP contribution >= 0.6 is 0 Å². The zero-order chi connectivity index (χ0) is 8.81. The van der Waals surface area contributed by atoms with Crippen LogP contribution in [0.3, 0.4) is 0 Å². The number of benzene rings is 1. The summed E-state index contributed by atoms with van der Waals surface area (Å²) in [7, 11) is 1.76. The Labute approximate surface area is 71.9 Å². The van der Waals surface area contributed by atoms with Crippen molar-refractivity contribution in [3.8, 4) is 0 Å². The molecule has 0 saturated carbocycles. The molecule has 0 atom stereocenters. The van der Waals surface area contributed by atoms with Gasteiger partial charge in [-0.2, -0.15) is 0 Å². The maximum absolute atomic E-state index is 11.3. The summed E-state index contributed by atoms with van der Waals surface area (Å²) in [4.78, 5) is 11.3. The van der Waals surface area contributed by atoms with Gasteiger partial charge in [0.2, 0.25) is 0 Å². The molecule has 1 rings (SSSR count). The third-order valence-corrected chi connectivity index (χ3v) is 1.46. The minimum Gasteiger partial charge on any atom is -0.394 e. The van der Waals surface area contributed by atoms with Crippen LogP contribution in [0.2, 0.25) is 0 Å². The SMILES string of the molecule is CNC=CC(=O)c1ccccc1. The van der Waals surface area contributed by atoms with Gasteiger partial charge in [0.15, 0.2) is 5.78 Å². The molecule has 0 radical (unpaired) electrons. The van der Waals surface area contributed by atoms with Crippen molar-refractivity contribution >= 4 is 5.78 Å². The summed E-state index contributed by atoms with van der Waals surface area (Å²) in [6.45, 7) is 0. The van der Waals surface area contributed by atoms with E-state index in [1.54, 1.807) is 25.4 Å². The third kappa shape index (κ3) is 2.23. The first-order chi connectivity index (χ1) is 5.84. The molecular weight excluding hydrogens is 150 g/mol. The molecule has 0 aromatic heterocycles. The molecule has 0 heterocycles. The second-order valence-corrected chi connectivity index (χ2v) is 2.35. The van der Waals surface area contributed by atoms with Crippen LogP contribution in [0.15, 0.2) is 42.6 Å². The molecule has 1 aromatic rings. The van der Waals surface area contributed by atoms with Crippen LogP contribution in [-0.2, 0) is 0 Å². The summed E-state index contributed by atoms with van der Waals surface area (Å²) < 4.78 is 0. The van der Waals surface area contributed by atoms with Crippen molar-refractivity contribution in [3.63, 3.8) is 0 Å². The molecule has 2 heteroatoms. The van der Waals surface area contributed by atoms with E-state index in [9.17, 15) is 4.79 Å². The fraction of sp³-hybridized carbons (Fsp3) is 0.100. The van der Waals surface area contributed by atoms with Gasteiger partial charge in [-0.1, -0.05) is 30.3 Å². The summed E-state index contributed by atoms with van der Waals surface area (Å²) >= 11 is 0. The lowest BCUT2D eigenvalue weighted by molar-refractivity contribution is 0.104. The molecule has 2 nitrogen and oxygen atoms in total. The lowest BCUT2D eigenvalue weighted by atomic mass is 10.1.